The van der Waals surface area contributed by atoms with Crippen LogP contribution in [0.1, 0.15) is 25.5 Å². The van der Waals surface area contributed by atoms with Crippen molar-refractivity contribution in [3.63, 3.8) is 0 Å². The summed E-state index contributed by atoms with van der Waals surface area (Å²) in [6.45, 7) is 3.48. The van der Waals surface area contributed by atoms with Crippen LogP contribution in [0.2, 0.25) is 0 Å². The molecule has 5 nitrogen and oxygen atoms in total. The van der Waals surface area contributed by atoms with Gasteiger partial charge in [-0.2, -0.15) is 14.0 Å². The van der Waals surface area contributed by atoms with Crippen LogP contribution in [0.5, 0.6) is 11.5 Å². The third-order valence-corrected chi connectivity index (χ3v) is 5.86. The third-order valence-electron chi connectivity index (χ3n) is 5.52. The van der Waals surface area contributed by atoms with E-state index < -0.39 is 40.5 Å². The minimum Gasteiger partial charge on any atom is -0.457 e. The monoisotopic (exact) mass is 461 g/mol. The first kappa shape index (κ1) is 23.7. The maximum Gasteiger partial charge on any atom is 0.393 e. The van der Waals surface area contributed by atoms with Crippen molar-refractivity contribution in [2.75, 3.05) is 7.11 Å². The number of nitriles is 1. The molecule has 1 aliphatic carbocycles. The van der Waals surface area contributed by atoms with Gasteiger partial charge in [-0.15, -0.1) is 0 Å². The van der Waals surface area contributed by atoms with Gasteiger partial charge in [-0.25, -0.2) is 0 Å². The highest BCUT2D eigenvalue weighted by atomic mass is 35.5. The number of methoxy groups -OCH3 is 1. The number of carbonyl (C=O) groups is 1. The first-order valence-corrected chi connectivity index (χ1v) is 10.2. The molecule has 32 heavy (non-hydrogen) atoms. The van der Waals surface area contributed by atoms with Crippen molar-refractivity contribution in [1.82, 2.24) is 0 Å². The Balaban J connectivity index is 1.72. The molecule has 2 aromatic carbocycles. The van der Waals surface area contributed by atoms with E-state index in [0.29, 0.717) is 17.1 Å². The molecule has 0 N–H and O–H groups in total. The van der Waals surface area contributed by atoms with E-state index in [2.05, 4.69) is 4.74 Å². The molecule has 168 valence electrons. The zero-order chi connectivity index (χ0) is 23.5. The lowest BCUT2D eigenvalue weighted by molar-refractivity contribution is -0.184. The van der Waals surface area contributed by atoms with E-state index >= 15 is 0 Å². The summed E-state index contributed by atoms with van der Waals surface area (Å²) in [6, 6.07) is 17.7. The zero-order valence-corrected chi connectivity index (χ0v) is 18.5. The van der Waals surface area contributed by atoms with Crippen molar-refractivity contribution in [1.29, 1.82) is 5.26 Å². The first-order valence-electron chi connectivity index (χ1n) is 9.84. The highest BCUT2D eigenvalue weighted by Crippen LogP contribution is 2.60. The van der Waals surface area contributed by atoms with Crippen molar-refractivity contribution >= 4 is 17.6 Å². The van der Waals surface area contributed by atoms with Crippen LogP contribution in [0.25, 0.3) is 0 Å². The zero-order valence-electron chi connectivity index (χ0n) is 17.7. The predicted molar refractivity (Wildman–Crippen MR) is 114 cm³/mol. The summed E-state index contributed by atoms with van der Waals surface area (Å²) in [7, 11) is 0.840. The average molecular weight is 462 g/mol. The number of nitrogens with zero attached hydrogens (tertiary/aromatic N) is 1. The molecule has 8 heteroatoms. The van der Waals surface area contributed by atoms with Gasteiger partial charge in [0, 0.05) is 12.7 Å². The van der Waals surface area contributed by atoms with Crippen molar-refractivity contribution in [2.45, 2.75) is 26.1 Å². The van der Waals surface area contributed by atoms with Crippen LogP contribution in [0.4, 0.5) is 8.78 Å². The van der Waals surface area contributed by atoms with Crippen molar-refractivity contribution in [3.05, 3.63) is 71.3 Å². The molecular weight excluding hydrogens is 440 g/mol. The van der Waals surface area contributed by atoms with Gasteiger partial charge in [0.1, 0.15) is 22.6 Å². The Morgan fingerprint density at radius 1 is 1.19 bits per heavy atom. The molecule has 2 aromatic rings. The number of allylic oxidation sites excluding steroid dienone is 1. The van der Waals surface area contributed by atoms with Crippen LogP contribution < -0.4 is 4.74 Å². The van der Waals surface area contributed by atoms with E-state index in [9.17, 15) is 18.8 Å². The molecule has 0 spiro atoms. The molecule has 3 atom stereocenters. The fraction of sp³-hybridized carbons (Fsp3) is 0.333. The van der Waals surface area contributed by atoms with Gasteiger partial charge in [-0.05, 0) is 35.6 Å². The standard InChI is InChI=1S/C24H22ClF2NO4/c1-23(2)18(13-20(25)24(26,27)30-3)21(23)22(29)32-19(14-28)15-8-7-11-17(12-15)31-16-9-5-4-6-10-16/h4-13,18-19,21H,1-3H3. The highest BCUT2D eigenvalue weighted by Gasteiger charge is 2.62. The Bertz CT molecular complexity index is 1050. The molecule has 0 heterocycles. The number of esters is 1. The third kappa shape index (κ3) is 5.09. The van der Waals surface area contributed by atoms with Crippen LogP contribution in [0.3, 0.4) is 0 Å². The molecule has 0 radical (unpaired) electrons. The van der Waals surface area contributed by atoms with Crippen molar-refractivity contribution in [2.24, 2.45) is 17.3 Å². The maximum atomic E-state index is 13.6. The van der Waals surface area contributed by atoms with E-state index in [0.717, 1.165) is 13.2 Å². The van der Waals surface area contributed by atoms with Crippen LogP contribution in [0, 0.1) is 28.6 Å². The molecule has 0 saturated heterocycles. The lowest BCUT2D eigenvalue weighted by Crippen LogP contribution is -2.19. The number of para-hydroxylation sites is 1. The van der Waals surface area contributed by atoms with Gasteiger partial charge in [0.2, 0.25) is 6.10 Å². The Morgan fingerprint density at radius 2 is 1.84 bits per heavy atom. The van der Waals surface area contributed by atoms with Gasteiger partial charge in [-0.1, -0.05) is 61.9 Å². The van der Waals surface area contributed by atoms with E-state index in [1.165, 1.54) is 0 Å². The largest absolute Gasteiger partial charge is 0.457 e. The number of benzene rings is 2. The number of hydrogen-bond acceptors (Lipinski definition) is 5. The summed E-state index contributed by atoms with van der Waals surface area (Å²) in [4.78, 5) is 12.8. The van der Waals surface area contributed by atoms with Gasteiger partial charge < -0.3 is 14.2 Å². The molecule has 3 unspecified atom stereocenters. The number of halogens is 3. The smallest absolute Gasteiger partial charge is 0.393 e. The number of hydrogen-bond donors (Lipinski definition) is 0. The molecule has 0 aromatic heterocycles. The van der Waals surface area contributed by atoms with E-state index in [-0.39, 0.29) is 0 Å². The summed E-state index contributed by atoms with van der Waals surface area (Å²) in [5.41, 5.74) is -0.219. The Hall–Kier alpha value is -2.95. The minimum atomic E-state index is -3.64. The van der Waals surface area contributed by atoms with Crippen molar-refractivity contribution < 1.29 is 27.8 Å². The van der Waals surface area contributed by atoms with Crippen LogP contribution in [-0.4, -0.2) is 19.2 Å². The van der Waals surface area contributed by atoms with Crippen LogP contribution in [0.15, 0.2) is 65.7 Å². The molecule has 1 aliphatic rings. The van der Waals surface area contributed by atoms with E-state index in [4.69, 9.17) is 21.1 Å². The quantitative estimate of drug-likeness (QED) is 0.436. The second-order valence-electron chi connectivity index (χ2n) is 7.99. The highest BCUT2D eigenvalue weighted by molar-refractivity contribution is 6.30. The summed E-state index contributed by atoms with van der Waals surface area (Å²) < 4.78 is 42.5. The normalized spacial score (nSPS) is 20.7. The molecule has 3 rings (SSSR count). The van der Waals surface area contributed by atoms with Gasteiger partial charge in [0.05, 0.1) is 5.92 Å². The van der Waals surface area contributed by atoms with Crippen molar-refractivity contribution in [3.8, 4) is 17.6 Å². The SMILES string of the molecule is COC(F)(F)C(Cl)=CC1C(C(=O)OC(C#N)c2cccc(Oc3ccccc3)c2)C1(C)C. The summed E-state index contributed by atoms with van der Waals surface area (Å²) in [5, 5.41) is 8.78. The molecule has 0 aliphatic heterocycles. The fourth-order valence-corrected chi connectivity index (χ4v) is 3.73. The number of rotatable bonds is 8. The minimum absolute atomic E-state index is 0.434. The topological polar surface area (TPSA) is 68.5 Å². The lowest BCUT2D eigenvalue weighted by Gasteiger charge is -2.14. The van der Waals surface area contributed by atoms with Crippen LogP contribution >= 0.6 is 11.6 Å². The number of carbonyl (C=O) groups excluding carboxylic acids is 1. The lowest BCUT2D eigenvalue weighted by atomic mass is 10.1. The summed E-state index contributed by atoms with van der Waals surface area (Å²) in [6.07, 6.45) is -3.70. The van der Waals surface area contributed by atoms with E-state index in [1.807, 2.05) is 24.3 Å². The van der Waals surface area contributed by atoms with Gasteiger partial charge >= 0.3 is 12.1 Å². The Morgan fingerprint density at radius 3 is 2.47 bits per heavy atom. The van der Waals surface area contributed by atoms with Crippen LogP contribution in [-0.2, 0) is 14.3 Å². The predicted octanol–water partition coefficient (Wildman–Crippen LogP) is 6.22. The van der Waals surface area contributed by atoms with E-state index in [1.54, 1.807) is 50.2 Å². The fourth-order valence-electron chi connectivity index (χ4n) is 3.52. The number of ether oxygens (including phenoxy) is 3. The Labute approximate surface area is 190 Å². The Kier molecular flexibility index (Phi) is 6.87. The molecule has 0 amide bonds. The summed E-state index contributed by atoms with van der Waals surface area (Å²) in [5.74, 6) is -0.859. The van der Waals surface area contributed by atoms with Gasteiger partial charge in [-0.3, -0.25) is 4.79 Å². The summed E-state index contributed by atoms with van der Waals surface area (Å²) >= 11 is 5.69. The first-order chi connectivity index (χ1) is 15.1. The maximum absolute atomic E-state index is 13.6. The molecular formula is C24H22ClF2NO4. The molecule has 0 bridgehead atoms. The molecule has 1 saturated carbocycles. The average Bonchev–Trinajstić information content (AvgIpc) is 3.32. The molecule has 1 fully saturated rings. The number of alkyl halides is 2. The van der Waals surface area contributed by atoms with Gasteiger partial charge in [0.25, 0.3) is 0 Å². The second-order valence-corrected chi connectivity index (χ2v) is 8.40. The second kappa shape index (κ2) is 9.27. The van der Waals surface area contributed by atoms with Gasteiger partial charge in [0.15, 0.2) is 0 Å².